The lowest BCUT2D eigenvalue weighted by Crippen LogP contribution is -2.19. The molecule has 0 fully saturated rings. The van der Waals surface area contributed by atoms with E-state index >= 15 is 0 Å². The Balaban J connectivity index is 1.67. The Hall–Kier alpha value is -2.49. The highest BCUT2D eigenvalue weighted by molar-refractivity contribution is 6.00. The molecule has 4 nitrogen and oxygen atoms in total. The number of nitrogens with one attached hydrogen (secondary N) is 3. The predicted octanol–water partition coefficient (Wildman–Crippen LogP) is 3.61. The first-order valence-corrected chi connectivity index (χ1v) is 6.72. The Kier molecular flexibility index (Phi) is 3.29. The van der Waals surface area contributed by atoms with E-state index in [9.17, 15) is 4.79 Å². The van der Waals surface area contributed by atoms with Gasteiger partial charge in [0.15, 0.2) is 0 Å². The molecule has 3 rings (SSSR count). The summed E-state index contributed by atoms with van der Waals surface area (Å²) in [5.74, 6) is 0. The second-order valence-electron chi connectivity index (χ2n) is 5.00. The number of anilines is 3. The Morgan fingerprint density at radius 1 is 1.10 bits per heavy atom. The number of amides is 2. The molecule has 0 atom stereocenters. The molecule has 102 valence electrons. The molecule has 3 N–H and O–H groups in total. The smallest absolute Gasteiger partial charge is 0.323 e. The van der Waals surface area contributed by atoms with Crippen LogP contribution in [0, 0.1) is 6.92 Å². The van der Waals surface area contributed by atoms with Crippen molar-refractivity contribution in [3.63, 3.8) is 0 Å². The Morgan fingerprint density at radius 3 is 2.70 bits per heavy atom. The van der Waals surface area contributed by atoms with Gasteiger partial charge in [0.2, 0.25) is 0 Å². The molecular formula is C16H17N3O. The van der Waals surface area contributed by atoms with Crippen LogP contribution in [0.2, 0.25) is 0 Å². The van der Waals surface area contributed by atoms with Gasteiger partial charge in [-0.3, -0.25) is 0 Å². The number of hydrogen-bond acceptors (Lipinski definition) is 2. The van der Waals surface area contributed by atoms with Gasteiger partial charge >= 0.3 is 6.03 Å². The van der Waals surface area contributed by atoms with Gasteiger partial charge in [-0.25, -0.2) is 4.79 Å². The number of carbonyl (C=O) groups excluding carboxylic acids is 1. The van der Waals surface area contributed by atoms with Crippen molar-refractivity contribution in [2.45, 2.75) is 13.3 Å². The molecule has 1 heterocycles. The molecule has 0 saturated heterocycles. The van der Waals surface area contributed by atoms with Gasteiger partial charge in [0, 0.05) is 23.6 Å². The second-order valence-corrected chi connectivity index (χ2v) is 5.00. The Bertz CT molecular complexity index is 652. The Labute approximate surface area is 118 Å². The maximum atomic E-state index is 12.0. The molecule has 2 aromatic rings. The predicted molar refractivity (Wildman–Crippen MR) is 82.5 cm³/mol. The molecule has 1 aliphatic heterocycles. The Morgan fingerprint density at radius 2 is 1.90 bits per heavy atom. The summed E-state index contributed by atoms with van der Waals surface area (Å²) in [4.78, 5) is 12.0. The van der Waals surface area contributed by atoms with Crippen molar-refractivity contribution in [2.75, 3.05) is 22.5 Å². The van der Waals surface area contributed by atoms with Crippen molar-refractivity contribution in [2.24, 2.45) is 0 Å². The van der Waals surface area contributed by atoms with E-state index in [1.165, 1.54) is 5.56 Å². The van der Waals surface area contributed by atoms with Crippen LogP contribution in [-0.4, -0.2) is 12.6 Å². The fraction of sp³-hybridized carbons (Fsp3) is 0.188. The van der Waals surface area contributed by atoms with Gasteiger partial charge in [0.1, 0.15) is 0 Å². The minimum absolute atomic E-state index is 0.228. The summed E-state index contributed by atoms with van der Waals surface area (Å²) in [5.41, 5.74) is 5.11. The third-order valence-corrected chi connectivity index (χ3v) is 3.35. The lowest BCUT2D eigenvalue weighted by atomic mass is 10.1. The van der Waals surface area contributed by atoms with Crippen LogP contribution >= 0.6 is 0 Å². The van der Waals surface area contributed by atoms with Crippen molar-refractivity contribution >= 4 is 23.1 Å². The zero-order valence-corrected chi connectivity index (χ0v) is 11.4. The molecule has 2 amide bonds. The molecule has 0 aromatic heterocycles. The minimum atomic E-state index is -0.228. The monoisotopic (exact) mass is 267 g/mol. The highest BCUT2D eigenvalue weighted by Crippen LogP contribution is 2.25. The number of urea groups is 1. The molecule has 0 bridgehead atoms. The summed E-state index contributed by atoms with van der Waals surface area (Å²) in [5, 5.41) is 8.98. The molecule has 2 aromatic carbocycles. The van der Waals surface area contributed by atoms with E-state index in [2.05, 4.69) is 22.0 Å². The first-order chi connectivity index (χ1) is 9.70. The molecule has 0 saturated carbocycles. The van der Waals surface area contributed by atoms with E-state index in [4.69, 9.17) is 0 Å². The van der Waals surface area contributed by atoms with Gasteiger partial charge in [0.05, 0.1) is 0 Å². The van der Waals surface area contributed by atoms with Crippen molar-refractivity contribution in [3.05, 3.63) is 53.6 Å². The first kappa shape index (κ1) is 12.5. The van der Waals surface area contributed by atoms with Gasteiger partial charge in [-0.05, 0) is 48.7 Å². The molecule has 0 radical (unpaired) electrons. The zero-order valence-electron chi connectivity index (χ0n) is 11.4. The maximum Gasteiger partial charge on any atom is 0.323 e. The standard InChI is InChI=1S/C16H17N3O/c1-11-3-2-4-13(9-11)18-16(20)19-14-6-5-12-7-8-17-15(12)10-14/h2-6,9-10,17H,7-8H2,1H3,(H2,18,19,20). The SMILES string of the molecule is Cc1cccc(NC(=O)Nc2ccc3c(c2)NCC3)c1. The van der Waals surface area contributed by atoms with Crippen molar-refractivity contribution < 1.29 is 4.79 Å². The van der Waals surface area contributed by atoms with Crippen LogP contribution in [0.25, 0.3) is 0 Å². The van der Waals surface area contributed by atoms with Crippen LogP contribution in [0.5, 0.6) is 0 Å². The summed E-state index contributed by atoms with van der Waals surface area (Å²) in [7, 11) is 0. The van der Waals surface area contributed by atoms with Gasteiger partial charge in [-0.15, -0.1) is 0 Å². The van der Waals surface area contributed by atoms with E-state index in [1.807, 2.05) is 43.3 Å². The van der Waals surface area contributed by atoms with Gasteiger partial charge in [-0.2, -0.15) is 0 Å². The van der Waals surface area contributed by atoms with Crippen LogP contribution in [-0.2, 0) is 6.42 Å². The number of aryl methyl sites for hydroxylation is 1. The van der Waals surface area contributed by atoms with Crippen LogP contribution in [0.15, 0.2) is 42.5 Å². The van der Waals surface area contributed by atoms with Crippen LogP contribution in [0.3, 0.4) is 0 Å². The average Bonchev–Trinajstić information content (AvgIpc) is 2.86. The molecule has 20 heavy (non-hydrogen) atoms. The summed E-state index contributed by atoms with van der Waals surface area (Å²) in [6.45, 7) is 2.96. The minimum Gasteiger partial charge on any atom is -0.384 e. The summed E-state index contributed by atoms with van der Waals surface area (Å²) >= 11 is 0. The summed E-state index contributed by atoms with van der Waals surface area (Å²) < 4.78 is 0. The largest absolute Gasteiger partial charge is 0.384 e. The topological polar surface area (TPSA) is 53.2 Å². The van der Waals surface area contributed by atoms with Crippen LogP contribution in [0.1, 0.15) is 11.1 Å². The van der Waals surface area contributed by atoms with Gasteiger partial charge in [-0.1, -0.05) is 18.2 Å². The van der Waals surface area contributed by atoms with E-state index in [1.54, 1.807) is 0 Å². The van der Waals surface area contributed by atoms with Crippen molar-refractivity contribution in [1.29, 1.82) is 0 Å². The molecule has 4 heteroatoms. The molecular weight excluding hydrogens is 250 g/mol. The zero-order chi connectivity index (χ0) is 13.9. The van der Waals surface area contributed by atoms with Crippen LogP contribution in [0.4, 0.5) is 21.9 Å². The van der Waals surface area contributed by atoms with E-state index in [-0.39, 0.29) is 6.03 Å². The number of carbonyl (C=O) groups is 1. The number of benzene rings is 2. The van der Waals surface area contributed by atoms with Crippen molar-refractivity contribution in [3.8, 4) is 0 Å². The number of hydrogen-bond donors (Lipinski definition) is 3. The molecule has 0 spiro atoms. The van der Waals surface area contributed by atoms with E-state index in [0.29, 0.717) is 0 Å². The van der Waals surface area contributed by atoms with Gasteiger partial charge < -0.3 is 16.0 Å². The maximum absolute atomic E-state index is 12.0. The second kappa shape index (κ2) is 5.25. The molecule has 1 aliphatic rings. The normalized spacial score (nSPS) is 12.4. The van der Waals surface area contributed by atoms with Crippen molar-refractivity contribution in [1.82, 2.24) is 0 Å². The van der Waals surface area contributed by atoms with Gasteiger partial charge in [0.25, 0.3) is 0 Å². The quantitative estimate of drug-likeness (QED) is 0.778. The lowest BCUT2D eigenvalue weighted by Gasteiger charge is -2.09. The first-order valence-electron chi connectivity index (χ1n) is 6.72. The highest BCUT2D eigenvalue weighted by atomic mass is 16.2. The number of rotatable bonds is 2. The summed E-state index contributed by atoms with van der Waals surface area (Å²) in [6, 6.07) is 13.4. The van der Waals surface area contributed by atoms with E-state index in [0.717, 1.165) is 35.6 Å². The molecule has 0 unspecified atom stereocenters. The number of fused-ring (bicyclic) bond motifs is 1. The third-order valence-electron chi connectivity index (χ3n) is 3.35. The average molecular weight is 267 g/mol. The third kappa shape index (κ3) is 2.74. The lowest BCUT2D eigenvalue weighted by molar-refractivity contribution is 0.262. The highest BCUT2D eigenvalue weighted by Gasteiger charge is 2.11. The molecule has 0 aliphatic carbocycles. The fourth-order valence-electron chi connectivity index (χ4n) is 2.38. The fourth-order valence-corrected chi connectivity index (χ4v) is 2.38. The van der Waals surface area contributed by atoms with Crippen LogP contribution < -0.4 is 16.0 Å². The van der Waals surface area contributed by atoms with E-state index < -0.39 is 0 Å². The summed E-state index contributed by atoms with van der Waals surface area (Å²) in [6.07, 6.45) is 1.05.